The molecule has 1 unspecified atom stereocenters. The molecule has 1 aromatic carbocycles. The molecule has 138 valence electrons. The number of carbonyl (C=O) groups is 1. The molecule has 26 heavy (non-hydrogen) atoms. The molecule has 1 amide bonds. The summed E-state index contributed by atoms with van der Waals surface area (Å²) >= 11 is 0. The predicted molar refractivity (Wildman–Crippen MR) is 98.8 cm³/mol. The van der Waals surface area contributed by atoms with Crippen molar-refractivity contribution in [3.05, 3.63) is 51.7 Å². The molecule has 1 saturated carbocycles. The molecule has 1 fully saturated rings. The maximum atomic E-state index is 12.7. The Balaban J connectivity index is 1.50. The highest BCUT2D eigenvalue weighted by Gasteiger charge is 2.34. The lowest BCUT2D eigenvalue weighted by Crippen LogP contribution is -2.36. The molecular formula is C20H26N4O2. The Morgan fingerprint density at radius 3 is 2.85 bits per heavy atom. The third-order valence-electron chi connectivity index (χ3n) is 5.51. The molecule has 0 radical (unpaired) electrons. The van der Waals surface area contributed by atoms with Crippen LogP contribution in [0.2, 0.25) is 0 Å². The first-order valence-corrected chi connectivity index (χ1v) is 9.65. The highest BCUT2D eigenvalue weighted by atomic mass is 16.2. The maximum absolute atomic E-state index is 12.7. The number of aromatic nitrogens is 3. The third-order valence-corrected chi connectivity index (χ3v) is 5.51. The van der Waals surface area contributed by atoms with Crippen LogP contribution in [0.5, 0.6) is 0 Å². The number of fused-ring (bicyclic) bond motifs is 1. The number of nitrogens with zero attached hydrogens (tertiary/aromatic N) is 3. The van der Waals surface area contributed by atoms with E-state index in [1.54, 1.807) is 4.57 Å². The number of hydrogen-bond acceptors (Lipinski definition) is 3. The fourth-order valence-electron chi connectivity index (χ4n) is 3.90. The van der Waals surface area contributed by atoms with Gasteiger partial charge in [-0.05, 0) is 49.7 Å². The van der Waals surface area contributed by atoms with Crippen molar-refractivity contribution in [2.45, 2.75) is 64.6 Å². The van der Waals surface area contributed by atoms with Gasteiger partial charge in [-0.25, -0.2) is 9.48 Å². The topological polar surface area (TPSA) is 68.9 Å². The molecule has 2 aromatic rings. The summed E-state index contributed by atoms with van der Waals surface area (Å²) in [6.07, 6.45) is 6.28. The minimum absolute atomic E-state index is 0.00602. The van der Waals surface area contributed by atoms with Crippen LogP contribution >= 0.6 is 0 Å². The first-order valence-electron chi connectivity index (χ1n) is 9.65. The van der Waals surface area contributed by atoms with Crippen molar-refractivity contribution >= 4 is 5.91 Å². The fourth-order valence-corrected chi connectivity index (χ4v) is 3.90. The van der Waals surface area contributed by atoms with Crippen LogP contribution in [0.1, 0.15) is 55.1 Å². The van der Waals surface area contributed by atoms with Gasteiger partial charge in [0, 0.05) is 13.0 Å². The molecule has 1 aliphatic carbocycles. The number of benzene rings is 1. The molecular weight excluding hydrogens is 328 g/mol. The molecule has 2 aliphatic rings. The average molecular weight is 354 g/mol. The van der Waals surface area contributed by atoms with Gasteiger partial charge >= 0.3 is 5.69 Å². The van der Waals surface area contributed by atoms with Gasteiger partial charge in [0.05, 0.1) is 6.04 Å². The van der Waals surface area contributed by atoms with Crippen LogP contribution in [0.4, 0.5) is 0 Å². The van der Waals surface area contributed by atoms with Gasteiger partial charge in [-0.2, -0.15) is 5.10 Å². The quantitative estimate of drug-likeness (QED) is 0.896. The van der Waals surface area contributed by atoms with E-state index in [-0.39, 0.29) is 24.2 Å². The van der Waals surface area contributed by atoms with Crippen molar-refractivity contribution < 1.29 is 4.79 Å². The van der Waals surface area contributed by atoms with E-state index in [0.29, 0.717) is 12.5 Å². The number of carbonyl (C=O) groups excluding carboxylic acids is 1. The second-order valence-electron chi connectivity index (χ2n) is 7.56. The first-order chi connectivity index (χ1) is 12.6. The lowest BCUT2D eigenvalue weighted by atomic mass is 9.97. The van der Waals surface area contributed by atoms with Gasteiger partial charge in [-0.15, -0.1) is 0 Å². The monoisotopic (exact) mass is 354 g/mol. The minimum atomic E-state index is -0.157. The highest BCUT2D eigenvalue weighted by Crippen LogP contribution is 2.41. The zero-order chi connectivity index (χ0) is 18.1. The number of aryl methyl sites for hydroxylation is 2. The Hall–Kier alpha value is -2.37. The Morgan fingerprint density at radius 1 is 1.27 bits per heavy atom. The zero-order valence-electron chi connectivity index (χ0n) is 15.3. The van der Waals surface area contributed by atoms with E-state index in [2.05, 4.69) is 29.5 Å². The van der Waals surface area contributed by atoms with Crippen molar-refractivity contribution in [2.75, 3.05) is 0 Å². The second kappa shape index (κ2) is 7.09. The standard InChI is InChI=1S/C20H26N4O2/c1-14-7-4-5-8-16(14)19(15-10-11-15)21-18(25)13-24-20(26)23-12-6-2-3-9-17(23)22-24/h4-5,7-8,15,19H,2-3,6,9-13H2,1H3,(H,21,25). The van der Waals surface area contributed by atoms with E-state index >= 15 is 0 Å². The lowest BCUT2D eigenvalue weighted by molar-refractivity contribution is -0.122. The number of rotatable bonds is 5. The van der Waals surface area contributed by atoms with Gasteiger partial charge in [0.1, 0.15) is 12.4 Å². The van der Waals surface area contributed by atoms with E-state index in [1.165, 1.54) is 15.8 Å². The van der Waals surface area contributed by atoms with Crippen molar-refractivity contribution in [1.82, 2.24) is 19.7 Å². The SMILES string of the molecule is Cc1ccccc1C(NC(=O)Cn1nc2n(c1=O)CCCCC2)C1CC1. The van der Waals surface area contributed by atoms with Gasteiger partial charge in [-0.1, -0.05) is 30.7 Å². The van der Waals surface area contributed by atoms with Crippen LogP contribution in [-0.2, 0) is 24.3 Å². The molecule has 1 aromatic heterocycles. The lowest BCUT2D eigenvalue weighted by Gasteiger charge is -2.20. The molecule has 0 spiro atoms. The fraction of sp³-hybridized carbons (Fsp3) is 0.550. The predicted octanol–water partition coefficient (Wildman–Crippen LogP) is 2.35. The second-order valence-corrected chi connectivity index (χ2v) is 7.56. The van der Waals surface area contributed by atoms with Crippen molar-refractivity contribution in [3.63, 3.8) is 0 Å². The van der Waals surface area contributed by atoms with Gasteiger partial charge < -0.3 is 5.32 Å². The summed E-state index contributed by atoms with van der Waals surface area (Å²) in [6, 6.07) is 8.22. The molecule has 6 heteroatoms. The first kappa shape index (κ1) is 17.1. The maximum Gasteiger partial charge on any atom is 0.346 e. The summed E-state index contributed by atoms with van der Waals surface area (Å²) < 4.78 is 3.07. The molecule has 2 heterocycles. The summed E-state index contributed by atoms with van der Waals surface area (Å²) in [4.78, 5) is 25.2. The largest absolute Gasteiger partial charge is 0.347 e. The van der Waals surface area contributed by atoms with Crippen LogP contribution in [0, 0.1) is 12.8 Å². The molecule has 1 aliphatic heterocycles. The van der Waals surface area contributed by atoms with Crippen LogP contribution in [0.15, 0.2) is 29.1 Å². The van der Waals surface area contributed by atoms with Crippen LogP contribution in [-0.4, -0.2) is 20.3 Å². The smallest absolute Gasteiger partial charge is 0.346 e. The van der Waals surface area contributed by atoms with Crippen molar-refractivity contribution in [1.29, 1.82) is 0 Å². The molecule has 0 saturated heterocycles. The summed E-state index contributed by atoms with van der Waals surface area (Å²) in [5, 5.41) is 7.57. The highest BCUT2D eigenvalue weighted by molar-refractivity contribution is 5.76. The van der Waals surface area contributed by atoms with E-state index < -0.39 is 0 Å². The molecule has 1 atom stereocenters. The molecule has 6 nitrogen and oxygen atoms in total. The van der Waals surface area contributed by atoms with E-state index in [0.717, 1.165) is 44.3 Å². The Kier molecular flexibility index (Phi) is 4.66. The Labute approximate surface area is 153 Å². The number of amides is 1. The van der Waals surface area contributed by atoms with Crippen LogP contribution in [0.3, 0.4) is 0 Å². The molecule has 0 bridgehead atoms. The summed E-state index contributed by atoms with van der Waals surface area (Å²) in [6.45, 7) is 2.78. The summed E-state index contributed by atoms with van der Waals surface area (Å²) in [5.41, 5.74) is 2.21. The zero-order valence-corrected chi connectivity index (χ0v) is 15.3. The Bertz CT molecular complexity index is 863. The molecule has 4 rings (SSSR count). The van der Waals surface area contributed by atoms with E-state index in [9.17, 15) is 9.59 Å². The Morgan fingerprint density at radius 2 is 2.08 bits per heavy atom. The van der Waals surface area contributed by atoms with Gasteiger partial charge in [0.15, 0.2) is 0 Å². The summed E-state index contributed by atoms with van der Waals surface area (Å²) in [5.74, 6) is 1.17. The van der Waals surface area contributed by atoms with Gasteiger partial charge in [0.25, 0.3) is 0 Å². The normalized spacial score (nSPS) is 18.0. The number of hydrogen-bond donors (Lipinski definition) is 1. The minimum Gasteiger partial charge on any atom is -0.347 e. The molecule has 1 N–H and O–H groups in total. The van der Waals surface area contributed by atoms with Gasteiger partial charge in [0.2, 0.25) is 5.91 Å². The van der Waals surface area contributed by atoms with E-state index in [4.69, 9.17) is 0 Å². The summed E-state index contributed by atoms with van der Waals surface area (Å²) in [7, 11) is 0. The van der Waals surface area contributed by atoms with Crippen LogP contribution in [0.25, 0.3) is 0 Å². The van der Waals surface area contributed by atoms with Crippen LogP contribution < -0.4 is 11.0 Å². The van der Waals surface area contributed by atoms with Crippen molar-refractivity contribution in [2.24, 2.45) is 5.92 Å². The van der Waals surface area contributed by atoms with Gasteiger partial charge in [-0.3, -0.25) is 9.36 Å². The average Bonchev–Trinajstić information content (AvgIpc) is 3.44. The number of nitrogens with one attached hydrogen (secondary N) is 1. The third kappa shape index (κ3) is 3.45. The van der Waals surface area contributed by atoms with E-state index in [1.807, 2.05) is 12.1 Å². The van der Waals surface area contributed by atoms with Crippen molar-refractivity contribution in [3.8, 4) is 0 Å².